The lowest BCUT2D eigenvalue weighted by Gasteiger charge is -2.19. The minimum atomic E-state index is 0.330. The molecular formula is C15H20BrNO2. The lowest BCUT2D eigenvalue weighted by Crippen LogP contribution is -2.24. The summed E-state index contributed by atoms with van der Waals surface area (Å²) in [5.74, 6) is 2.22. The molecule has 2 aliphatic rings. The van der Waals surface area contributed by atoms with Crippen LogP contribution in [-0.4, -0.2) is 19.4 Å². The Morgan fingerprint density at radius 2 is 2.26 bits per heavy atom. The summed E-state index contributed by atoms with van der Waals surface area (Å²) in [4.78, 5) is 0. The number of nitrogens with one attached hydrogen (secondary N) is 1. The van der Waals surface area contributed by atoms with Gasteiger partial charge in [-0.05, 0) is 64.8 Å². The summed E-state index contributed by atoms with van der Waals surface area (Å²) >= 11 is 3.71. The summed E-state index contributed by atoms with van der Waals surface area (Å²) in [7, 11) is 0. The molecule has 2 aliphatic heterocycles. The first-order valence-electron chi connectivity index (χ1n) is 7.01. The van der Waals surface area contributed by atoms with Crippen LogP contribution in [0.3, 0.4) is 0 Å². The number of fused-ring (bicyclic) bond motifs is 1. The van der Waals surface area contributed by atoms with E-state index in [-0.39, 0.29) is 0 Å². The Balaban J connectivity index is 1.99. The van der Waals surface area contributed by atoms with Crippen LogP contribution in [0.25, 0.3) is 0 Å². The first-order chi connectivity index (χ1) is 9.16. The van der Waals surface area contributed by atoms with E-state index < -0.39 is 0 Å². The molecule has 0 saturated carbocycles. The average molecular weight is 326 g/mol. The largest absolute Gasteiger partial charge is 0.454 e. The van der Waals surface area contributed by atoms with Crippen molar-refractivity contribution in [2.45, 2.75) is 45.1 Å². The predicted molar refractivity (Wildman–Crippen MR) is 79.1 cm³/mol. The van der Waals surface area contributed by atoms with Gasteiger partial charge < -0.3 is 14.8 Å². The molecule has 0 bridgehead atoms. The maximum Gasteiger partial charge on any atom is 0.231 e. The molecule has 104 valence electrons. The van der Waals surface area contributed by atoms with Gasteiger partial charge in [0, 0.05) is 6.04 Å². The molecule has 0 amide bonds. The molecule has 0 radical (unpaired) electrons. The quantitative estimate of drug-likeness (QED) is 0.921. The van der Waals surface area contributed by atoms with Crippen molar-refractivity contribution < 1.29 is 9.47 Å². The molecule has 0 spiro atoms. The molecule has 1 aromatic carbocycles. The first kappa shape index (κ1) is 13.3. The zero-order valence-electron chi connectivity index (χ0n) is 11.5. The minimum absolute atomic E-state index is 0.330. The van der Waals surface area contributed by atoms with Gasteiger partial charge in [0.1, 0.15) is 0 Å². The summed E-state index contributed by atoms with van der Waals surface area (Å²) < 4.78 is 12.2. The van der Waals surface area contributed by atoms with Gasteiger partial charge in [-0.1, -0.05) is 13.8 Å². The lowest BCUT2D eigenvalue weighted by molar-refractivity contribution is 0.173. The molecule has 4 heteroatoms. The van der Waals surface area contributed by atoms with Gasteiger partial charge in [-0.25, -0.2) is 0 Å². The highest BCUT2D eigenvalue weighted by Crippen LogP contribution is 2.45. The van der Waals surface area contributed by atoms with Crippen LogP contribution in [0.1, 0.15) is 43.7 Å². The van der Waals surface area contributed by atoms with Gasteiger partial charge >= 0.3 is 0 Å². The third-order valence-electron chi connectivity index (χ3n) is 3.93. The van der Waals surface area contributed by atoms with Gasteiger partial charge in [-0.15, -0.1) is 0 Å². The zero-order valence-corrected chi connectivity index (χ0v) is 13.0. The topological polar surface area (TPSA) is 30.5 Å². The number of hydrogen-bond acceptors (Lipinski definition) is 3. The summed E-state index contributed by atoms with van der Waals surface area (Å²) in [6, 6.07) is 2.77. The van der Waals surface area contributed by atoms with Crippen molar-refractivity contribution in [3.05, 3.63) is 21.7 Å². The maximum atomic E-state index is 5.56. The molecule has 1 saturated heterocycles. The average Bonchev–Trinajstić information content (AvgIpc) is 2.99. The van der Waals surface area contributed by atoms with Crippen LogP contribution in [0.4, 0.5) is 0 Å². The van der Waals surface area contributed by atoms with Gasteiger partial charge in [0.2, 0.25) is 6.79 Å². The Morgan fingerprint density at radius 1 is 1.42 bits per heavy atom. The second-order valence-electron chi connectivity index (χ2n) is 5.65. The van der Waals surface area contributed by atoms with Crippen molar-refractivity contribution >= 4 is 15.9 Å². The van der Waals surface area contributed by atoms with Crippen molar-refractivity contribution in [1.82, 2.24) is 5.32 Å². The highest BCUT2D eigenvalue weighted by molar-refractivity contribution is 9.10. The molecule has 1 unspecified atom stereocenters. The van der Waals surface area contributed by atoms with Crippen LogP contribution < -0.4 is 14.8 Å². The molecule has 1 N–H and O–H groups in total. The van der Waals surface area contributed by atoms with Gasteiger partial charge in [0.15, 0.2) is 11.5 Å². The number of rotatable bonds is 3. The van der Waals surface area contributed by atoms with E-state index in [1.54, 1.807) is 0 Å². The smallest absolute Gasteiger partial charge is 0.231 e. The maximum absolute atomic E-state index is 5.56. The summed E-state index contributed by atoms with van der Waals surface area (Å²) in [5, 5.41) is 3.57. The van der Waals surface area contributed by atoms with Crippen molar-refractivity contribution in [2.24, 2.45) is 0 Å². The van der Waals surface area contributed by atoms with Crippen LogP contribution in [0.2, 0.25) is 0 Å². The molecule has 2 heterocycles. The lowest BCUT2D eigenvalue weighted by atomic mass is 9.92. The van der Waals surface area contributed by atoms with E-state index in [1.807, 2.05) is 0 Å². The zero-order chi connectivity index (χ0) is 13.4. The number of hydrogen-bond donors (Lipinski definition) is 1. The van der Waals surface area contributed by atoms with Gasteiger partial charge in [0.25, 0.3) is 0 Å². The Hall–Kier alpha value is -0.740. The highest BCUT2D eigenvalue weighted by atomic mass is 79.9. The van der Waals surface area contributed by atoms with E-state index in [0.29, 0.717) is 18.8 Å². The third-order valence-corrected chi connectivity index (χ3v) is 4.72. The van der Waals surface area contributed by atoms with Crippen LogP contribution in [-0.2, 0) is 6.42 Å². The number of halogens is 1. The van der Waals surface area contributed by atoms with Crippen LogP contribution in [0, 0.1) is 0 Å². The van der Waals surface area contributed by atoms with Crippen molar-refractivity contribution in [3.63, 3.8) is 0 Å². The standard InChI is InChI=1S/C15H20BrNO2/c1-9(2)13-10(6-11-4-3-5-17-11)7-12-15(14(13)16)19-8-18-12/h7,9,11,17H,3-6,8H2,1-2H3. The van der Waals surface area contributed by atoms with E-state index in [2.05, 4.69) is 41.2 Å². The fourth-order valence-corrected chi connectivity index (χ4v) is 4.08. The highest BCUT2D eigenvalue weighted by Gasteiger charge is 2.26. The Labute approximate surface area is 122 Å². The van der Waals surface area contributed by atoms with E-state index >= 15 is 0 Å². The summed E-state index contributed by atoms with van der Waals surface area (Å²) in [6.07, 6.45) is 3.62. The molecule has 3 nitrogen and oxygen atoms in total. The second kappa shape index (κ2) is 5.33. The van der Waals surface area contributed by atoms with Crippen molar-refractivity contribution in [2.75, 3.05) is 13.3 Å². The fraction of sp³-hybridized carbons (Fsp3) is 0.600. The number of benzene rings is 1. The minimum Gasteiger partial charge on any atom is -0.454 e. The predicted octanol–water partition coefficient (Wildman–Crippen LogP) is 3.60. The Kier molecular flexibility index (Phi) is 3.72. The second-order valence-corrected chi connectivity index (χ2v) is 6.44. The molecule has 3 rings (SSSR count). The van der Waals surface area contributed by atoms with Crippen LogP contribution in [0.5, 0.6) is 11.5 Å². The molecule has 19 heavy (non-hydrogen) atoms. The first-order valence-corrected chi connectivity index (χ1v) is 7.80. The Bertz CT molecular complexity index is 482. The van der Waals surface area contributed by atoms with Gasteiger partial charge in [-0.3, -0.25) is 0 Å². The monoisotopic (exact) mass is 325 g/mol. The van der Waals surface area contributed by atoms with E-state index in [9.17, 15) is 0 Å². The summed E-state index contributed by atoms with van der Waals surface area (Å²) in [6.45, 7) is 5.94. The van der Waals surface area contributed by atoms with Crippen LogP contribution >= 0.6 is 15.9 Å². The van der Waals surface area contributed by atoms with Crippen molar-refractivity contribution in [3.8, 4) is 11.5 Å². The van der Waals surface area contributed by atoms with E-state index in [4.69, 9.17) is 9.47 Å². The fourth-order valence-electron chi connectivity index (χ4n) is 3.06. The SMILES string of the molecule is CC(C)c1c(CC2CCCN2)cc2c(c1Br)OCO2. The molecule has 1 atom stereocenters. The number of ether oxygens (including phenoxy) is 2. The van der Waals surface area contributed by atoms with E-state index in [0.717, 1.165) is 28.9 Å². The third kappa shape index (κ3) is 2.48. The van der Waals surface area contributed by atoms with Crippen LogP contribution in [0.15, 0.2) is 10.5 Å². The molecule has 0 aromatic heterocycles. The molecule has 1 fully saturated rings. The molecular weight excluding hydrogens is 306 g/mol. The van der Waals surface area contributed by atoms with Crippen molar-refractivity contribution in [1.29, 1.82) is 0 Å². The molecule has 1 aromatic rings. The van der Waals surface area contributed by atoms with Gasteiger partial charge in [-0.2, -0.15) is 0 Å². The summed E-state index contributed by atoms with van der Waals surface area (Å²) in [5.41, 5.74) is 2.74. The van der Waals surface area contributed by atoms with E-state index in [1.165, 1.54) is 24.0 Å². The normalized spacial score (nSPS) is 21.4. The molecule has 0 aliphatic carbocycles. The Morgan fingerprint density at radius 3 is 2.95 bits per heavy atom. The van der Waals surface area contributed by atoms with Gasteiger partial charge in [0.05, 0.1) is 4.47 Å².